The molecule has 3 N–H and O–H groups in total. The fourth-order valence-electron chi connectivity index (χ4n) is 1.63. The van der Waals surface area contributed by atoms with Gasteiger partial charge >= 0.3 is 0 Å². The highest BCUT2D eigenvalue weighted by atomic mass is 16.3. The van der Waals surface area contributed by atoms with Gasteiger partial charge in [-0.1, -0.05) is 30.3 Å². The Hall–Kier alpha value is -2.00. The molecular weight excluding hydrogens is 214 g/mol. The fraction of sp³-hybridized carbons (Fsp3) is 0.143. The molecular formula is C14H15NO2. The first-order chi connectivity index (χ1) is 8.24. The maximum atomic E-state index is 9.85. The standard InChI is InChI=1S/C14H15NO2/c16-13-8-6-11(7-9-13)10-14(17)15-12-4-2-1-3-5-12/h1-9,14-17H,10H2. The topological polar surface area (TPSA) is 52.5 Å². The maximum Gasteiger partial charge on any atom is 0.128 e. The van der Waals surface area contributed by atoms with E-state index in [4.69, 9.17) is 5.11 Å². The van der Waals surface area contributed by atoms with Gasteiger partial charge in [-0.25, -0.2) is 0 Å². The zero-order valence-electron chi connectivity index (χ0n) is 9.38. The smallest absolute Gasteiger partial charge is 0.128 e. The number of hydrogen-bond donors (Lipinski definition) is 3. The first kappa shape index (κ1) is 11.5. The monoisotopic (exact) mass is 229 g/mol. The summed E-state index contributed by atoms with van der Waals surface area (Å²) in [5.41, 5.74) is 1.86. The first-order valence-corrected chi connectivity index (χ1v) is 5.51. The minimum absolute atomic E-state index is 0.235. The van der Waals surface area contributed by atoms with Crippen molar-refractivity contribution in [3.8, 4) is 5.75 Å². The molecule has 3 nitrogen and oxygen atoms in total. The number of phenolic OH excluding ortho intramolecular Hbond substituents is 1. The van der Waals surface area contributed by atoms with Crippen molar-refractivity contribution < 1.29 is 10.2 Å². The number of aliphatic hydroxyl groups excluding tert-OH is 1. The van der Waals surface area contributed by atoms with E-state index in [0.29, 0.717) is 6.42 Å². The summed E-state index contributed by atoms with van der Waals surface area (Å²) in [4.78, 5) is 0. The molecule has 2 aromatic rings. The third-order valence-corrected chi connectivity index (χ3v) is 2.47. The second-order valence-corrected chi connectivity index (χ2v) is 3.90. The molecule has 2 aromatic carbocycles. The molecule has 0 aliphatic heterocycles. The number of aromatic hydroxyl groups is 1. The van der Waals surface area contributed by atoms with Gasteiger partial charge in [0.2, 0.25) is 0 Å². The average molecular weight is 229 g/mol. The van der Waals surface area contributed by atoms with Crippen molar-refractivity contribution in [1.29, 1.82) is 0 Å². The van der Waals surface area contributed by atoms with E-state index in [2.05, 4.69) is 5.32 Å². The van der Waals surface area contributed by atoms with Gasteiger partial charge in [-0.3, -0.25) is 0 Å². The van der Waals surface area contributed by atoms with Crippen LogP contribution >= 0.6 is 0 Å². The quantitative estimate of drug-likeness (QED) is 0.705. The van der Waals surface area contributed by atoms with Crippen LogP contribution in [0.3, 0.4) is 0 Å². The Bertz CT molecular complexity index is 453. The lowest BCUT2D eigenvalue weighted by molar-refractivity contribution is 0.204. The molecule has 3 heteroatoms. The molecule has 88 valence electrons. The van der Waals surface area contributed by atoms with E-state index in [0.717, 1.165) is 11.3 Å². The van der Waals surface area contributed by atoms with Crippen LogP contribution in [0.4, 0.5) is 5.69 Å². The van der Waals surface area contributed by atoms with Gasteiger partial charge in [0.15, 0.2) is 0 Å². The summed E-state index contributed by atoms with van der Waals surface area (Å²) in [6.07, 6.45) is -0.142. The SMILES string of the molecule is Oc1ccc(CC(O)Nc2ccccc2)cc1. The van der Waals surface area contributed by atoms with Gasteiger partial charge in [-0.15, -0.1) is 0 Å². The molecule has 0 fully saturated rings. The van der Waals surface area contributed by atoms with Crippen LogP contribution in [-0.4, -0.2) is 16.4 Å². The van der Waals surface area contributed by atoms with Gasteiger partial charge in [0, 0.05) is 12.1 Å². The molecule has 1 unspecified atom stereocenters. The van der Waals surface area contributed by atoms with Crippen molar-refractivity contribution in [3.05, 3.63) is 60.2 Å². The van der Waals surface area contributed by atoms with Crippen LogP contribution in [0, 0.1) is 0 Å². The fourth-order valence-corrected chi connectivity index (χ4v) is 1.63. The van der Waals surface area contributed by atoms with Gasteiger partial charge in [-0.2, -0.15) is 0 Å². The molecule has 0 saturated carbocycles. The van der Waals surface area contributed by atoms with E-state index in [1.165, 1.54) is 0 Å². The van der Waals surface area contributed by atoms with Crippen LogP contribution in [0.2, 0.25) is 0 Å². The van der Waals surface area contributed by atoms with Gasteiger partial charge in [-0.05, 0) is 29.8 Å². The van der Waals surface area contributed by atoms with Crippen molar-refractivity contribution >= 4 is 5.69 Å². The Morgan fingerprint density at radius 2 is 1.59 bits per heavy atom. The number of hydrogen-bond acceptors (Lipinski definition) is 3. The molecule has 0 heterocycles. The molecule has 0 aromatic heterocycles. The van der Waals surface area contributed by atoms with Crippen LogP contribution in [-0.2, 0) is 6.42 Å². The second kappa shape index (κ2) is 5.37. The predicted molar refractivity (Wildman–Crippen MR) is 67.9 cm³/mol. The minimum Gasteiger partial charge on any atom is -0.508 e. The van der Waals surface area contributed by atoms with Gasteiger partial charge < -0.3 is 15.5 Å². The Kier molecular flexibility index (Phi) is 3.62. The lowest BCUT2D eigenvalue weighted by Crippen LogP contribution is -2.21. The van der Waals surface area contributed by atoms with Crippen molar-refractivity contribution in [1.82, 2.24) is 0 Å². The Balaban J connectivity index is 1.93. The van der Waals surface area contributed by atoms with Crippen LogP contribution in [0.15, 0.2) is 54.6 Å². The molecule has 2 rings (SSSR count). The Morgan fingerprint density at radius 1 is 0.941 bits per heavy atom. The molecule has 0 spiro atoms. The summed E-state index contributed by atoms with van der Waals surface area (Å²) >= 11 is 0. The van der Waals surface area contributed by atoms with Crippen LogP contribution in [0.25, 0.3) is 0 Å². The summed E-state index contributed by atoms with van der Waals surface area (Å²) in [5, 5.41) is 22.0. The van der Waals surface area contributed by atoms with Crippen LogP contribution < -0.4 is 5.32 Å². The Labute approximate surface area is 100 Å². The van der Waals surface area contributed by atoms with E-state index in [9.17, 15) is 5.11 Å². The molecule has 1 atom stereocenters. The lowest BCUT2D eigenvalue weighted by atomic mass is 10.1. The number of aliphatic hydroxyl groups is 1. The maximum absolute atomic E-state index is 9.85. The second-order valence-electron chi connectivity index (χ2n) is 3.90. The molecule has 0 bridgehead atoms. The molecule has 0 aliphatic rings. The number of rotatable bonds is 4. The normalized spacial score (nSPS) is 12.1. The van der Waals surface area contributed by atoms with Gasteiger partial charge in [0.1, 0.15) is 12.0 Å². The van der Waals surface area contributed by atoms with E-state index >= 15 is 0 Å². The van der Waals surface area contributed by atoms with E-state index in [1.54, 1.807) is 24.3 Å². The Morgan fingerprint density at radius 3 is 2.24 bits per heavy atom. The largest absolute Gasteiger partial charge is 0.508 e. The summed E-state index contributed by atoms with van der Waals surface area (Å²) < 4.78 is 0. The van der Waals surface area contributed by atoms with Crippen LogP contribution in [0.1, 0.15) is 5.56 Å². The number of phenols is 1. The highest BCUT2D eigenvalue weighted by molar-refractivity contribution is 5.43. The van der Waals surface area contributed by atoms with Crippen molar-refractivity contribution in [2.75, 3.05) is 5.32 Å². The molecule has 17 heavy (non-hydrogen) atoms. The highest BCUT2D eigenvalue weighted by Gasteiger charge is 2.04. The number of para-hydroxylation sites is 1. The summed E-state index contributed by atoms with van der Waals surface area (Å²) in [7, 11) is 0. The lowest BCUT2D eigenvalue weighted by Gasteiger charge is -2.14. The number of anilines is 1. The average Bonchev–Trinajstić information content (AvgIpc) is 2.33. The summed E-state index contributed by atoms with van der Waals surface area (Å²) in [5.74, 6) is 0.235. The van der Waals surface area contributed by atoms with Crippen molar-refractivity contribution in [2.24, 2.45) is 0 Å². The highest BCUT2D eigenvalue weighted by Crippen LogP contribution is 2.13. The third kappa shape index (κ3) is 3.50. The van der Waals surface area contributed by atoms with Gasteiger partial charge in [0.05, 0.1) is 0 Å². The number of nitrogens with one attached hydrogen (secondary N) is 1. The molecule has 0 amide bonds. The minimum atomic E-state index is -0.637. The third-order valence-electron chi connectivity index (χ3n) is 2.47. The van der Waals surface area contributed by atoms with Crippen molar-refractivity contribution in [2.45, 2.75) is 12.6 Å². The van der Waals surface area contributed by atoms with Crippen molar-refractivity contribution in [3.63, 3.8) is 0 Å². The zero-order chi connectivity index (χ0) is 12.1. The molecule has 0 aliphatic carbocycles. The summed E-state index contributed by atoms with van der Waals surface area (Å²) in [6, 6.07) is 16.4. The van der Waals surface area contributed by atoms with E-state index < -0.39 is 6.23 Å². The van der Waals surface area contributed by atoms with E-state index in [1.807, 2.05) is 30.3 Å². The van der Waals surface area contributed by atoms with Crippen LogP contribution in [0.5, 0.6) is 5.75 Å². The number of benzene rings is 2. The zero-order valence-corrected chi connectivity index (χ0v) is 9.38. The van der Waals surface area contributed by atoms with Gasteiger partial charge in [0.25, 0.3) is 0 Å². The molecule has 0 radical (unpaired) electrons. The molecule has 0 saturated heterocycles. The van der Waals surface area contributed by atoms with E-state index in [-0.39, 0.29) is 5.75 Å². The summed E-state index contributed by atoms with van der Waals surface area (Å²) in [6.45, 7) is 0. The predicted octanol–water partition coefficient (Wildman–Crippen LogP) is 2.37. The first-order valence-electron chi connectivity index (χ1n) is 5.51.